The van der Waals surface area contributed by atoms with Crippen molar-refractivity contribution in [2.75, 3.05) is 4.43 Å². The fourth-order valence-corrected chi connectivity index (χ4v) is 2.84. The van der Waals surface area contributed by atoms with Crippen molar-refractivity contribution in [1.82, 2.24) is 10.6 Å². The zero-order valence-corrected chi connectivity index (χ0v) is 15.1. The number of aliphatic imine (C=N–C) groups is 1. The Labute approximate surface area is 146 Å². The van der Waals surface area contributed by atoms with Gasteiger partial charge in [-0.05, 0) is 19.4 Å². The van der Waals surface area contributed by atoms with Gasteiger partial charge in [-0.25, -0.2) is 4.99 Å². The van der Waals surface area contributed by atoms with Gasteiger partial charge >= 0.3 is 0 Å². The standard InChI is InChI=1S/C18H22IN3/c1-3-8-14(12-13-19)17-20-16(9-4-2)21-18(22-17)15-10-6-5-7-11-15/h3-12,16-17,20H,13H2,1-2H3,(H,21,22)/b8-3-,9-4+,14-12+. The van der Waals surface area contributed by atoms with E-state index in [0.29, 0.717) is 0 Å². The van der Waals surface area contributed by atoms with Crippen molar-refractivity contribution in [1.29, 1.82) is 0 Å². The molecule has 22 heavy (non-hydrogen) atoms. The molecule has 116 valence electrons. The summed E-state index contributed by atoms with van der Waals surface area (Å²) in [6.45, 7) is 4.06. The van der Waals surface area contributed by atoms with Crippen LogP contribution in [0.25, 0.3) is 0 Å². The van der Waals surface area contributed by atoms with E-state index in [-0.39, 0.29) is 12.3 Å². The highest BCUT2D eigenvalue weighted by Crippen LogP contribution is 2.14. The molecule has 1 aromatic carbocycles. The summed E-state index contributed by atoms with van der Waals surface area (Å²) in [5.41, 5.74) is 2.30. The van der Waals surface area contributed by atoms with Gasteiger partial charge in [0.25, 0.3) is 0 Å². The summed E-state index contributed by atoms with van der Waals surface area (Å²) < 4.78 is 0.966. The maximum absolute atomic E-state index is 4.86. The fourth-order valence-electron chi connectivity index (χ4n) is 2.34. The summed E-state index contributed by atoms with van der Waals surface area (Å²) in [7, 11) is 0. The monoisotopic (exact) mass is 407 g/mol. The van der Waals surface area contributed by atoms with E-state index in [2.05, 4.69) is 69.7 Å². The van der Waals surface area contributed by atoms with Crippen LogP contribution in [0.5, 0.6) is 0 Å². The van der Waals surface area contributed by atoms with E-state index in [4.69, 9.17) is 4.99 Å². The molecule has 0 aliphatic carbocycles. The summed E-state index contributed by atoms with van der Waals surface area (Å²) in [4.78, 5) is 4.86. The summed E-state index contributed by atoms with van der Waals surface area (Å²) in [6.07, 6.45) is 10.6. The first-order valence-electron chi connectivity index (χ1n) is 7.45. The Morgan fingerprint density at radius 2 is 2.00 bits per heavy atom. The van der Waals surface area contributed by atoms with Crippen LogP contribution in [0.4, 0.5) is 0 Å². The van der Waals surface area contributed by atoms with Gasteiger partial charge in [0.1, 0.15) is 12.0 Å². The first-order valence-corrected chi connectivity index (χ1v) is 8.98. The smallest absolute Gasteiger partial charge is 0.131 e. The number of nitrogens with one attached hydrogen (secondary N) is 2. The average molecular weight is 407 g/mol. The second kappa shape index (κ2) is 8.90. The lowest BCUT2D eigenvalue weighted by molar-refractivity contribution is 0.481. The number of hydrogen-bond donors (Lipinski definition) is 2. The van der Waals surface area contributed by atoms with Crippen LogP contribution in [0.2, 0.25) is 0 Å². The molecular weight excluding hydrogens is 385 g/mol. The van der Waals surface area contributed by atoms with Crippen molar-refractivity contribution in [2.45, 2.75) is 26.2 Å². The molecule has 3 nitrogen and oxygen atoms in total. The Balaban J connectivity index is 2.37. The molecule has 0 saturated carbocycles. The van der Waals surface area contributed by atoms with E-state index >= 15 is 0 Å². The van der Waals surface area contributed by atoms with Crippen molar-refractivity contribution in [2.24, 2.45) is 4.99 Å². The van der Waals surface area contributed by atoms with E-state index in [1.54, 1.807) is 0 Å². The van der Waals surface area contributed by atoms with Gasteiger partial charge in [0, 0.05) is 9.99 Å². The molecule has 4 heteroatoms. The molecule has 0 fully saturated rings. The third kappa shape index (κ3) is 4.55. The fraction of sp³-hybridized carbons (Fsp3) is 0.278. The molecular formula is C18H22IN3. The van der Waals surface area contributed by atoms with Gasteiger partial charge in [-0.2, -0.15) is 0 Å². The summed E-state index contributed by atoms with van der Waals surface area (Å²) in [5, 5.41) is 6.95. The van der Waals surface area contributed by atoms with Gasteiger partial charge in [-0.3, -0.25) is 5.32 Å². The van der Waals surface area contributed by atoms with Gasteiger partial charge in [0.2, 0.25) is 0 Å². The predicted molar refractivity (Wildman–Crippen MR) is 103 cm³/mol. The lowest BCUT2D eigenvalue weighted by Crippen LogP contribution is -2.53. The molecule has 0 saturated heterocycles. The van der Waals surface area contributed by atoms with Crippen molar-refractivity contribution in [3.63, 3.8) is 0 Å². The lowest BCUT2D eigenvalue weighted by Gasteiger charge is -2.30. The highest BCUT2D eigenvalue weighted by atomic mass is 127. The van der Waals surface area contributed by atoms with Gasteiger partial charge in [0.05, 0.1) is 6.17 Å². The van der Waals surface area contributed by atoms with E-state index < -0.39 is 0 Å². The zero-order valence-electron chi connectivity index (χ0n) is 13.0. The number of nitrogens with zero attached hydrogens (tertiary/aromatic N) is 1. The molecule has 2 N–H and O–H groups in total. The van der Waals surface area contributed by atoms with Crippen molar-refractivity contribution < 1.29 is 0 Å². The predicted octanol–water partition coefficient (Wildman–Crippen LogP) is 3.79. The van der Waals surface area contributed by atoms with Crippen LogP contribution in [0.15, 0.2) is 71.3 Å². The molecule has 1 heterocycles. The number of benzene rings is 1. The zero-order chi connectivity index (χ0) is 15.8. The third-order valence-electron chi connectivity index (χ3n) is 3.31. The van der Waals surface area contributed by atoms with Crippen LogP contribution in [0.3, 0.4) is 0 Å². The minimum absolute atomic E-state index is 0.0383. The largest absolute Gasteiger partial charge is 0.351 e. The molecule has 0 aromatic heterocycles. The molecule has 1 aliphatic rings. The van der Waals surface area contributed by atoms with Crippen LogP contribution in [-0.4, -0.2) is 22.6 Å². The Kier molecular flexibility index (Phi) is 6.86. The first-order chi connectivity index (χ1) is 10.8. The van der Waals surface area contributed by atoms with Crippen LogP contribution in [0, 0.1) is 0 Å². The molecule has 2 atom stereocenters. The quantitative estimate of drug-likeness (QED) is 0.337. The summed E-state index contributed by atoms with van der Waals surface area (Å²) in [6, 6.07) is 10.3. The van der Waals surface area contributed by atoms with Gasteiger partial charge in [-0.1, -0.05) is 83.3 Å². The minimum Gasteiger partial charge on any atom is -0.351 e. The Hall–Kier alpha value is -1.40. The number of alkyl halides is 1. The van der Waals surface area contributed by atoms with Crippen molar-refractivity contribution >= 4 is 28.4 Å². The summed E-state index contributed by atoms with van der Waals surface area (Å²) in [5.74, 6) is 0.927. The molecule has 1 aromatic rings. The third-order valence-corrected chi connectivity index (χ3v) is 3.75. The van der Waals surface area contributed by atoms with Crippen molar-refractivity contribution in [3.05, 3.63) is 71.8 Å². The number of amidine groups is 1. The summed E-state index contributed by atoms with van der Waals surface area (Å²) >= 11 is 2.36. The number of allylic oxidation sites excluding steroid dienone is 3. The normalized spacial score (nSPS) is 22.9. The van der Waals surface area contributed by atoms with E-state index in [9.17, 15) is 0 Å². The molecule has 0 amide bonds. The minimum atomic E-state index is -0.0383. The maximum atomic E-state index is 4.86. The molecule has 2 unspecified atom stereocenters. The van der Waals surface area contributed by atoms with E-state index in [1.807, 2.05) is 38.1 Å². The molecule has 0 spiro atoms. The van der Waals surface area contributed by atoms with E-state index in [1.165, 1.54) is 5.57 Å². The molecule has 0 radical (unpaired) electrons. The topological polar surface area (TPSA) is 36.4 Å². The molecule has 2 rings (SSSR count). The maximum Gasteiger partial charge on any atom is 0.131 e. The Morgan fingerprint density at radius 1 is 1.23 bits per heavy atom. The van der Waals surface area contributed by atoms with Crippen LogP contribution >= 0.6 is 22.6 Å². The average Bonchev–Trinajstić information content (AvgIpc) is 2.55. The molecule has 1 aliphatic heterocycles. The molecule has 0 bridgehead atoms. The lowest BCUT2D eigenvalue weighted by atomic mass is 10.1. The van der Waals surface area contributed by atoms with Gasteiger partial charge in [-0.15, -0.1) is 0 Å². The van der Waals surface area contributed by atoms with Crippen LogP contribution in [-0.2, 0) is 0 Å². The van der Waals surface area contributed by atoms with Gasteiger partial charge in [0.15, 0.2) is 0 Å². The highest BCUT2D eigenvalue weighted by Gasteiger charge is 2.22. The second-order valence-electron chi connectivity index (χ2n) is 4.92. The Morgan fingerprint density at radius 3 is 2.64 bits per heavy atom. The van der Waals surface area contributed by atoms with Crippen LogP contribution < -0.4 is 10.6 Å². The van der Waals surface area contributed by atoms with Crippen LogP contribution in [0.1, 0.15) is 19.4 Å². The first kappa shape index (κ1) is 17.0. The van der Waals surface area contributed by atoms with E-state index in [0.717, 1.165) is 15.8 Å². The number of hydrogen-bond acceptors (Lipinski definition) is 3. The SMILES string of the molecule is C/C=C\C(=C/CI)C1N=C(c2ccccc2)NC(/C=C/C)N1. The Bertz CT molecular complexity index is 588. The second-order valence-corrected chi connectivity index (χ2v) is 5.80. The number of rotatable bonds is 5. The highest BCUT2D eigenvalue weighted by molar-refractivity contribution is 14.1. The van der Waals surface area contributed by atoms with Gasteiger partial charge < -0.3 is 5.32 Å². The number of halogens is 1. The van der Waals surface area contributed by atoms with Crippen molar-refractivity contribution in [3.8, 4) is 0 Å².